The molecular formula is C13H15N3O2. The number of pyridine rings is 1. The lowest BCUT2D eigenvalue weighted by Gasteiger charge is -2.11. The van der Waals surface area contributed by atoms with E-state index in [1.54, 1.807) is 25.4 Å². The minimum Gasteiger partial charge on any atom is -0.478 e. The van der Waals surface area contributed by atoms with Gasteiger partial charge in [0.25, 0.3) is 0 Å². The van der Waals surface area contributed by atoms with E-state index in [0.717, 1.165) is 11.3 Å². The Bertz CT molecular complexity index is 588. The third kappa shape index (κ3) is 2.11. The van der Waals surface area contributed by atoms with E-state index >= 15 is 0 Å². The van der Waals surface area contributed by atoms with E-state index in [2.05, 4.69) is 10.1 Å². The SMILES string of the molecule is Cc1ncc(-c2ccnn2C(C)C)cc1C(=O)O. The summed E-state index contributed by atoms with van der Waals surface area (Å²) in [6.45, 7) is 5.74. The van der Waals surface area contributed by atoms with Crippen LogP contribution in [-0.4, -0.2) is 25.8 Å². The van der Waals surface area contributed by atoms with Crippen molar-refractivity contribution in [1.82, 2.24) is 14.8 Å². The van der Waals surface area contributed by atoms with Crippen molar-refractivity contribution >= 4 is 5.97 Å². The number of aromatic nitrogens is 3. The van der Waals surface area contributed by atoms with Gasteiger partial charge < -0.3 is 5.11 Å². The molecule has 2 heterocycles. The molecule has 2 aromatic heterocycles. The first-order chi connectivity index (χ1) is 8.50. The summed E-state index contributed by atoms with van der Waals surface area (Å²) >= 11 is 0. The van der Waals surface area contributed by atoms with E-state index in [-0.39, 0.29) is 11.6 Å². The number of aryl methyl sites for hydroxylation is 1. The lowest BCUT2D eigenvalue weighted by atomic mass is 10.1. The van der Waals surface area contributed by atoms with E-state index in [4.69, 9.17) is 5.11 Å². The van der Waals surface area contributed by atoms with E-state index < -0.39 is 5.97 Å². The van der Waals surface area contributed by atoms with Gasteiger partial charge in [-0.05, 0) is 32.9 Å². The fraction of sp³-hybridized carbons (Fsp3) is 0.308. The lowest BCUT2D eigenvalue weighted by molar-refractivity contribution is 0.0695. The summed E-state index contributed by atoms with van der Waals surface area (Å²) in [4.78, 5) is 15.2. The zero-order valence-electron chi connectivity index (χ0n) is 10.6. The van der Waals surface area contributed by atoms with Crippen molar-refractivity contribution in [2.45, 2.75) is 26.8 Å². The van der Waals surface area contributed by atoms with E-state index in [1.165, 1.54) is 0 Å². The van der Waals surface area contributed by atoms with Gasteiger partial charge in [0.05, 0.1) is 17.0 Å². The average Bonchev–Trinajstić information content (AvgIpc) is 2.78. The van der Waals surface area contributed by atoms with Crippen molar-refractivity contribution in [1.29, 1.82) is 0 Å². The van der Waals surface area contributed by atoms with E-state index in [1.807, 2.05) is 24.6 Å². The molecule has 18 heavy (non-hydrogen) atoms. The maximum Gasteiger partial charge on any atom is 0.337 e. The van der Waals surface area contributed by atoms with Crippen molar-refractivity contribution in [3.8, 4) is 11.3 Å². The number of nitrogens with zero attached hydrogens (tertiary/aromatic N) is 3. The van der Waals surface area contributed by atoms with Crippen molar-refractivity contribution < 1.29 is 9.90 Å². The van der Waals surface area contributed by atoms with Gasteiger partial charge in [0.15, 0.2) is 0 Å². The maximum atomic E-state index is 11.1. The van der Waals surface area contributed by atoms with Gasteiger partial charge in [-0.25, -0.2) is 4.79 Å². The van der Waals surface area contributed by atoms with Crippen LogP contribution in [0.1, 0.15) is 35.9 Å². The largest absolute Gasteiger partial charge is 0.478 e. The third-order valence-corrected chi connectivity index (χ3v) is 2.77. The van der Waals surface area contributed by atoms with Gasteiger partial charge in [0.1, 0.15) is 0 Å². The molecule has 0 unspecified atom stereocenters. The first-order valence-corrected chi connectivity index (χ1v) is 5.74. The molecule has 1 N–H and O–H groups in total. The zero-order chi connectivity index (χ0) is 13.3. The van der Waals surface area contributed by atoms with Crippen LogP contribution in [0, 0.1) is 6.92 Å². The first kappa shape index (κ1) is 12.3. The van der Waals surface area contributed by atoms with E-state index in [9.17, 15) is 4.79 Å². The molecule has 0 atom stereocenters. The molecule has 0 saturated carbocycles. The molecule has 0 bridgehead atoms. The second kappa shape index (κ2) is 4.60. The van der Waals surface area contributed by atoms with Crippen LogP contribution >= 0.6 is 0 Å². The monoisotopic (exact) mass is 245 g/mol. The maximum absolute atomic E-state index is 11.1. The van der Waals surface area contributed by atoms with Crippen LogP contribution < -0.4 is 0 Å². The van der Waals surface area contributed by atoms with E-state index in [0.29, 0.717) is 5.69 Å². The fourth-order valence-corrected chi connectivity index (χ4v) is 1.84. The van der Waals surface area contributed by atoms with Gasteiger partial charge in [0, 0.05) is 24.0 Å². The third-order valence-electron chi connectivity index (χ3n) is 2.77. The average molecular weight is 245 g/mol. The topological polar surface area (TPSA) is 68.0 Å². The standard InChI is InChI=1S/C13H15N3O2/c1-8(2)16-12(4-5-15-16)10-6-11(13(17)18)9(3)14-7-10/h4-8H,1-3H3,(H,17,18). The quantitative estimate of drug-likeness (QED) is 0.902. The highest BCUT2D eigenvalue weighted by Gasteiger charge is 2.13. The second-order valence-electron chi connectivity index (χ2n) is 4.42. The van der Waals surface area contributed by atoms with Gasteiger partial charge in [-0.15, -0.1) is 0 Å². The summed E-state index contributed by atoms with van der Waals surface area (Å²) in [7, 11) is 0. The van der Waals surface area contributed by atoms with Gasteiger partial charge in [-0.1, -0.05) is 0 Å². The lowest BCUT2D eigenvalue weighted by Crippen LogP contribution is -2.06. The Morgan fingerprint density at radius 1 is 1.44 bits per heavy atom. The Hall–Kier alpha value is -2.17. The Morgan fingerprint density at radius 2 is 2.17 bits per heavy atom. The number of hydrogen-bond donors (Lipinski definition) is 1. The molecule has 0 saturated heterocycles. The number of rotatable bonds is 3. The van der Waals surface area contributed by atoms with Crippen LogP contribution in [0.15, 0.2) is 24.5 Å². The molecule has 0 fully saturated rings. The zero-order valence-corrected chi connectivity index (χ0v) is 10.6. The molecule has 0 aliphatic rings. The number of aromatic carboxylic acids is 1. The fourth-order valence-electron chi connectivity index (χ4n) is 1.84. The van der Waals surface area contributed by atoms with Gasteiger partial charge in [0.2, 0.25) is 0 Å². The summed E-state index contributed by atoms with van der Waals surface area (Å²) < 4.78 is 1.85. The van der Waals surface area contributed by atoms with Crippen molar-refractivity contribution in [2.75, 3.05) is 0 Å². The highest BCUT2D eigenvalue weighted by atomic mass is 16.4. The molecule has 5 heteroatoms. The van der Waals surface area contributed by atoms with Crippen LogP contribution in [0.4, 0.5) is 0 Å². The van der Waals surface area contributed by atoms with Crippen molar-refractivity contribution in [2.24, 2.45) is 0 Å². The second-order valence-corrected chi connectivity index (χ2v) is 4.42. The molecule has 5 nitrogen and oxygen atoms in total. The summed E-state index contributed by atoms with van der Waals surface area (Å²) in [5.41, 5.74) is 2.38. The molecule has 0 aliphatic carbocycles. The van der Waals surface area contributed by atoms with Gasteiger partial charge in [-0.3, -0.25) is 9.67 Å². The molecule has 2 aromatic rings. The Kier molecular flexibility index (Phi) is 3.14. The summed E-state index contributed by atoms with van der Waals surface area (Å²) in [5, 5.41) is 13.3. The molecule has 0 radical (unpaired) electrons. The Morgan fingerprint density at radius 3 is 2.78 bits per heavy atom. The summed E-state index contributed by atoms with van der Waals surface area (Å²) in [5.74, 6) is -0.961. The van der Waals surface area contributed by atoms with Crippen LogP contribution in [0.2, 0.25) is 0 Å². The number of carboxylic acids is 1. The molecule has 0 spiro atoms. The highest BCUT2D eigenvalue weighted by molar-refractivity contribution is 5.90. The smallest absolute Gasteiger partial charge is 0.337 e. The highest BCUT2D eigenvalue weighted by Crippen LogP contribution is 2.23. The van der Waals surface area contributed by atoms with Crippen molar-refractivity contribution in [3.05, 3.63) is 35.8 Å². The number of carbonyl (C=O) groups is 1. The van der Waals surface area contributed by atoms with Crippen molar-refractivity contribution in [3.63, 3.8) is 0 Å². The minimum absolute atomic E-state index is 0.213. The molecule has 0 aromatic carbocycles. The first-order valence-electron chi connectivity index (χ1n) is 5.74. The predicted molar refractivity (Wildman–Crippen MR) is 67.5 cm³/mol. The minimum atomic E-state index is -0.961. The predicted octanol–water partition coefficient (Wildman–Crippen LogP) is 2.53. The van der Waals surface area contributed by atoms with Gasteiger partial charge >= 0.3 is 5.97 Å². The normalized spacial score (nSPS) is 10.9. The van der Waals surface area contributed by atoms with Crippen LogP contribution in [0.25, 0.3) is 11.3 Å². The van der Waals surface area contributed by atoms with Crippen LogP contribution in [0.5, 0.6) is 0 Å². The van der Waals surface area contributed by atoms with Crippen LogP contribution in [0.3, 0.4) is 0 Å². The number of carboxylic acid groups (broad SMARTS) is 1. The van der Waals surface area contributed by atoms with Gasteiger partial charge in [-0.2, -0.15) is 5.10 Å². The number of hydrogen-bond acceptors (Lipinski definition) is 3. The molecule has 2 rings (SSSR count). The van der Waals surface area contributed by atoms with Crippen LogP contribution in [-0.2, 0) is 0 Å². The molecule has 0 amide bonds. The Labute approximate surface area is 105 Å². The molecular weight excluding hydrogens is 230 g/mol. The summed E-state index contributed by atoms with van der Waals surface area (Å²) in [6, 6.07) is 3.71. The summed E-state index contributed by atoms with van der Waals surface area (Å²) in [6.07, 6.45) is 3.38. The molecule has 94 valence electrons. The Balaban J connectivity index is 2.54. The molecule has 0 aliphatic heterocycles.